The van der Waals surface area contributed by atoms with Gasteiger partial charge in [-0.2, -0.15) is 5.10 Å². The van der Waals surface area contributed by atoms with Crippen molar-refractivity contribution in [2.45, 2.75) is 13.3 Å². The van der Waals surface area contributed by atoms with Gasteiger partial charge in [-0.05, 0) is 6.42 Å². The lowest BCUT2D eigenvalue weighted by Crippen LogP contribution is -2.04. The highest BCUT2D eigenvalue weighted by Crippen LogP contribution is 2.16. The van der Waals surface area contributed by atoms with E-state index in [0.717, 1.165) is 0 Å². The zero-order valence-corrected chi connectivity index (χ0v) is 9.10. The Morgan fingerprint density at radius 3 is 3.00 bits per heavy atom. The molecule has 0 aliphatic carbocycles. The molecule has 0 saturated carbocycles. The largest absolute Gasteiger partial charge is 0.465 e. The first-order valence-corrected chi connectivity index (χ1v) is 4.88. The summed E-state index contributed by atoms with van der Waals surface area (Å²) in [5, 5.41) is 4.23. The maximum absolute atomic E-state index is 11.6. The summed E-state index contributed by atoms with van der Waals surface area (Å²) in [7, 11) is 1.34. The molecule has 0 aromatic carbocycles. The van der Waals surface area contributed by atoms with E-state index in [1.165, 1.54) is 17.8 Å². The van der Waals surface area contributed by atoms with Crippen LogP contribution in [0.5, 0.6) is 0 Å². The molecule has 2 heterocycles. The maximum Gasteiger partial charge on any atom is 0.343 e. The smallest absolute Gasteiger partial charge is 0.343 e. The van der Waals surface area contributed by atoms with Crippen LogP contribution in [0.2, 0.25) is 0 Å². The SMILES string of the molecule is CCc1nn2cc(N)cnc2c1C(=O)OC. The molecule has 16 heavy (non-hydrogen) atoms. The second-order valence-electron chi connectivity index (χ2n) is 3.32. The fourth-order valence-electron chi connectivity index (χ4n) is 1.55. The van der Waals surface area contributed by atoms with Crippen LogP contribution in [-0.2, 0) is 11.2 Å². The third-order valence-corrected chi connectivity index (χ3v) is 2.29. The molecule has 0 amide bonds. The van der Waals surface area contributed by atoms with E-state index < -0.39 is 5.97 Å². The molecule has 2 N–H and O–H groups in total. The first kappa shape index (κ1) is 10.4. The number of aromatic nitrogens is 3. The number of methoxy groups -OCH3 is 1. The van der Waals surface area contributed by atoms with Crippen LogP contribution in [0, 0.1) is 0 Å². The number of anilines is 1. The Kier molecular flexibility index (Phi) is 2.47. The van der Waals surface area contributed by atoms with E-state index in [-0.39, 0.29) is 0 Å². The van der Waals surface area contributed by atoms with E-state index in [1.54, 1.807) is 6.20 Å². The van der Waals surface area contributed by atoms with Crippen LogP contribution in [0.4, 0.5) is 5.69 Å². The number of carbonyl (C=O) groups excluding carboxylic acids is 1. The Morgan fingerprint density at radius 1 is 1.62 bits per heavy atom. The third kappa shape index (κ3) is 1.48. The summed E-state index contributed by atoms with van der Waals surface area (Å²) in [6.45, 7) is 1.91. The second-order valence-corrected chi connectivity index (χ2v) is 3.32. The molecule has 84 valence electrons. The number of hydrogen-bond acceptors (Lipinski definition) is 5. The molecule has 2 aromatic rings. The van der Waals surface area contributed by atoms with Crippen LogP contribution in [0.25, 0.3) is 5.65 Å². The Morgan fingerprint density at radius 2 is 2.38 bits per heavy atom. The van der Waals surface area contributed by atoms with Crippen molar-refractivity contribution in [2.24, 2.45) is 0 Å². The van der Waals surface area contributed by atoms with Crippen molar-refractivity contribution in [1.82, 2.24) is 14.6 Å². The minimum Gasteiger partial charge on any atom is -0.465 e. The summed E-state index contributed by atoms with van der Waals surface area (Å²) >= 11 is 0. The van der Waals surface area contributed by atoms with Gasteiger partial charge in [0.2, 0.25) is 0 Å². The van der Waals surface area contributed by atoms with Gasteiger partial charge in [0.15, 0.2) is 5.65 Å². The maximum atomic E-state index is 11.6. The number of hydrogen-bond donors (Lipinski definition) is 1. The number of carbonyl (C=O) groups is 1. The standard InChI is InChI=1S/C10H12N4O2/c1-3-7-8(10(15)16-2)9-12-4-6(11)5-14(9)13-7/h4-5H,3,11H2,1-2H3. The zero-order chi connectivity index (χ0) is 11.7. The highest BCUT2D eigenvalue weighted by molar-refractivity contribution is 5.97. The van der Waals surface area contributed by atoms with Crippen molar-refractivity contribution < 1.29 is 9.53 Å². The minimum atomic E-state index is -0.427. The fraction of sp³-hybridized carbons (Fsp3) is 0.300. The normalized spacial score (nSPS) is 10.6. The molecule has 0 aliphatic rings. The van der Waals surface area contributed by atoms with Crippen LogP contribution in [0.3, 0.4) is 0 Å². The first-order valence-electron chi connectivity index (χ1n) is 4.88. The van der Waals surface area contributed by atoms with Crippen LogP contribution in [0.1, 0.15) is 23.0 Å². The average Bonchev–Trinajstić information content (AvgIpc) is 2.65. The number of esters is 1. The molecule has 0 saturated heterocycles. The average molecular weight is 220 g/mol. The minimum absolute atomic E-state index is 0.407. The molecule has 0 atom stereocenters. The molecular formula is C10H12N4O2. The lowest BCUT2D eigenvalue weighted by molar-refractivity contribution is 0.0601. The first-order chi connectivity index (χ1) is 7.67. The number of fused-ring (bicyclic) bond motifs is 1. The third-order valence-electron chi connectivity index (χ3n) is 2.29. The van der Waals surface area contributed by atoms with Crippen LogP contribution < -0.4 is 5.73 Å². The van der Waals surface area contributed by atoms with Crippen LogP contribution in [0.15, 0.2) is 12.4 Å². The van der Waals surface area contributed by atoms with Gasteiger partial charge in [-0.25, -0.2) is 14.3 Å². The molecule has 0 bridgehead atoms. The Hall–Kier alpha value is -2.11. The Bertz CT molecular complexity index is 547. The van der Waals surface area contributed by atoms with E-state index in [4.69, 9.17) is 10.5 Å². The van der Waals surface area contributed by atoms with Gasteiger partial charge in [-0.15, -0.1) is 0 Å². The molecule has 0 radical (unpaired) electrons. The second kappa shape index (κ2) is 3.80. The summed E-state index contributed by atoms with van der Waals surface area (Å²) < 4.78 is 6.21. The van der Waals surface area contributed by atoms with E-state index in [9.17, 15) is 4.79 Å². The molecule has 0 unspecified atom stereocenters. The Labute approximate surface area is 92.0 Å². The Balaban J connectivity index is 2.73. The van der Waals surface area contributed by atoms with Gasteiger partial charge >= 0.3 is 5.97 Å². The van der Waals surface area contributed by atoms with E-state index in [1.807, 2.05) is 6.92 Å². The summed E-state index contributed by atoms with van der Waals surface area (Å²) in [5.41, 5.74) is 7.62. The summed E-state index contributed by atoms with van der Waals surface area (Å²) in [6.07, 6.45) is 3.74. The van der Waals surface area contributed by atoms with Gasteiger partial charge in [0.05, 0.1) is 30.9 Å². The van der Waals surface area contributed by atoms with E-state index >= 15 is 0 Å². The molecular weight excluding hydrogens is 208 g/mol. The zero-order valence-electron chi connectivity index (χ0n) is 9.10. The van der Waals surface area contributed by atoms with Crippen LogP contribution in [-0.4, -0.2) is 27.7 Å². The lowest BCUT2D eigenvalue weighted by atomic mass is 10.2. The molecule has 6 nitrogen and oxygen atoms in total. The predicted octanol–water partition coefficient (Wildman–Crippen LogP) is 0.660. The molecule has 0 fully saturated rings. The van der Waals surface area contributed by atoms with E-state index in [2.05, 4.69) is 10.1 Å². The molecule has 2 aromatic heterocycles. The van der Waals surface area contributed by atoms with Gasteiger partial charge in [0.1, 0.15) is 5.56 Å². The van der Waals surface area contributed by atoms with Crippen molar-refractivity contribution in [3.63, 3.8) is 0 Å². The van der Waals surface area contributed by atoms with Crippen molar-refractivity contribution in [3.8, 4) is 0 Å². The summed E-state index contributed by atoms with van der Waals surface area (Å²) in [6, 6.07) is 0. The van der Waals surface area contributed by atoms with Gasteiger partial charge in [0, 0.05) is 0 Å². The highest BCUT2D eigenvalue weighted by Gasteiger charge is 2.20. The number of nitrogens with two attached hydrogens (primary N) is 1. The van der Waals surface area contributed by atoms with Gasteiger partial charge in [-0.1, -0.05) is 6.92 Å². The molecule has 0 aliphatic heterocycles. The summed E-state index contributed by atoms with van der Waals surface area (Å²) in [5.74, 6) is -0.427. The lowest BCUT2D eigenvalue weighted by Gasteiger charge is -1.98. The quantitative estimate of drug-likeness (QED) is 0.752. The van der Waals surface area contributed by atoms with Crippen molar-refractivity contribution in [1.29, 1.82) is 0 Å². The molecule has 0 spiro atoms. The van der Waals surface area contributed by atoms with Gasteiger partial charge in [0.25, 0.3) is 0 Å². The van der Waals surface area contributed by atoms with Crippen molar-refractivity contribution in [2.75, 3.05) is 12.8 Å². The number of aryl methyl sites for hydroxylation is 1. The number of nitrogens with zero attached hydrogens (tertiary/aromatic N) is 3. The van der Waals surface area contributed by atoms with Crippen molar-refractivity contribution >= 4 is 17.3 Å². The van der Waals surface area contributed by atoms with E-state index in [0.29, 0.717) is 29.0 Å². The topological polar surface area (TPSA) is 82.5 Å². The van der Waals surface area contributed by atoms with Crippen molar-refractivity contribution in [3.05, 3.63) is 23.7 Å². The number of ether oxygens (including phenoxy) is 1. The van der Waals surface area contributed by atoms with Gasteiger partial charge in [-0.3, -0.25) is 0 Å². The summed E-state index contributed by atoms with van der Waals surface area (Å²) in [4.78, 5) is 15.7. The molecule has 2 rings (SSSR count). The van der Waals surface area contributed by atoms with Gasteiger partial charge < -0.3 is 10.5 Å². The van der Waals surface area contributed by atoms with Crippen LogP contribution >= 0.6 is 0 Å². The number of rotatable bonds is 2. The predicted molar refractivity (Wildman–Crippen MR) is 58.1 cm³/mol. The fourth-order valence-corrected chi connectivity index (χ4v) is 1.55. The monoisotopic (exact) mass is 220 g/mol. The highest BCUT2D eigenvalue weighted by atomic mass is 16.5. The molecule has 6 heteroatoms. The number of nitrogen functional groups attached to an aromatic ring is 1.